The molecule has 30 heavy (non-hydrogen) atoms. The van der Waals surface area contributed by atoms with E-state index in [1.807, 2.05) is 0 Å². The summed E-state index contributed by atoms with van der Waals surface area (Å²) in [5.74, 6) is 17.2. The Morgan fingerprint density at radius 1 is 0.367 bits per heavy atom. The van der Waals surface area contributed by atoms with Gasteiger partial charge >= 0.3 is 11.3 Å². The summed E-state index contributed by atoms with van der Waals surface area (Å²) in [6, 6.07) is 0. The van der Waals surface area contributed by atoms with Crippen molar-refractivity contribution in [3.05, 3.63) is 96.9 Å². The van der Waals surface area contributed by atoms with Gasteiger partial charge in [0.15, 0.2) is 0 Å². The molecule has 3 rings (SSSR count). The van der Waals surface area contributed by atoms with Gasteiger partial charge in [0.1, 0.15) is 0 Å². The minimum atomic E-state index is 0. The van der Waals surface area contributed by atoms with Gasteiger partial charge in [-0.15, -0.1) is 0 Å². The van der Waals surface area contributed by atoms with Crippen molar-refractivity contribution in [1.82, 2.24) is 0 Å². The molecule has 2 heteroatoms. The zero-order chi connectivity index (χ0) is 23.0. The molecule has 0 aromatic rings. The van der Waals surface area contributed by atoms with Gasteiger partial charge in [-0.2, -0.15) is 0 Å². The topological polar surface area (TPSA) is 19.9 Å². The van der Waals surface area contributed by atoms with Crippen molar-refractivity contribution in [1.29, 1.82) is 0 Å². The molecule has 0 spiro atoms. The van der Waals surface area contributed by atoms with E-state index in [1.54, 1.807) is 0 Å². The average Bonchev–Trinajstić information content (AvgIpc) is 3.15. The summed E-state index contributed by atoms with van der Waals surface area (Å²) in [5, 5.41) is 0. The average molecular weight is 630 g/mol. The first-order chi connectivity index (χ1) is 13.4. The molecule has 0 amide bonds. The summed E-state index contributed by atoms with van der Waals surface area (Å²) in [6.45, 7) is 30.5. The zero-order valence-electron chi connectivity index (χ0n) is 21.1. The van der Waals surface area contributed by atoms with Crippen LogP contribution in [0.5, 0.6) is 0 Å². The van der Waals surface area contributed by atoms with Crippen molar-refractivity contribution in [3.63, 3.8) is 0 Å². The summed E-state index contributed by atoms with van der Waals surface area (Å²) < 4.78 is 7.50. The van der Waals surface area contributed by atoms with E-state index in [1.165, 1.54) is 71.0 Å². The molecular weight excluding hydrogens is 590 g/mol. The molecule has 0 aromatic heterocycles. The van der Waals surface area contributed by atoms with Crippen LogP contribution >= 0.6 is 0 Å². The van der Waals surface area contributed by atoms with Crippen molar-refractivity contribution < 1.29 is 35.8 Å². The van der Waals surface area contributed by atoms with E-state index in [-0.39, 0.29) is 31.1 Å². The van der Waals surface area contributed by atoms with Crippen LogP contribution in [0, 0.1) is 128 Å². The molecule has 0 aromatic carbocycles. The fourth-order valence-electron chi connectivity index (χ4n) is 3.40. The van der Waals surface area contributed by atoms with Crippen LogP contribution in [-0.2, 0) is 4.65 Å². The summed E-state index contributed by atoms with van der Waals surface area (Å²) in [5.41, 5.74) is 0. The molecule has 3 fully saturated rings. The molecule has 0 heterocycles. The molecule has 0 aliphatic heterocycles. The van der Waals surface area contributed by atoms with Crippen LogP contribution in [0.4, 0.5) is 0 Å². The SMILES string of the molecule is C[C]1[CH][C](C)[C](C)[C]1C.C[C]1[CH][C](C)[C](C)[C]1C.C[C]1[CH][C](C)[C](C)[C]1C.[C-]#[O+].[U]. The molecule has 3 saturated carbocycles. The van der Waals surface area contributed by atoms with E-state index in [0.717, 1.165) is 0 Å². The Morgan fingerprint density at radius 3 is 0.500 bits per heavy atom. The predicted molar refractivity (Wildman–Crippen MR) is 124 cm³/mol. The largest absolute Gasteiger partial charge is 0 e. The Labute approximate surface area is 214 Å². The Bertz CT molecular complexity index is 363. The van der Waals surface area contributed by atoms with Gasteiger partial charge in [0.05, 0.1) is 0 Å². The smallest absolute Gasteiger partial charge is 0 e. The summed E-state index contributed by atoms with van der Waals surface area (Å²) in [4.78, 5) is 0. The van der Waals surface area contributed by atoms with E-state index in [4.69, 9.17) is 4.65 Å². The molecule has 3 aliphatic rings. The predicted octanol–water partition coefficient (Wildman–Crippen LogP) is 7.71. The van der Waals surface area contributed by atoms with Gasteiger partial charge in [0.2, 0.25) is 0 Å². The van der Waals surface area contributed by atoms with E-state index < -0.39 is 0 Å². The van der Waals surface area contributed by atoms with Crippen LogP contribution in [-0.4, -0.2) is 0 Å². The Balaban J connectivity index is 0. The van der Waals surface area contributed by atoms with Gasteiger partial charge in [-0.3, -0.25) is 0 Å². The Morgan fingerprint density at radius 2 is 0.467 bits per heavy atom. The molecule has 3 aliphatic carbocycles. The minimum absolute atomic E-state index is 0. The van der Waals surface area contributed by atoms with E-state index in [2.05, 4.69) is 109 Å². The van der Waals surface area contributed by atoms with Crippen LogP contribution < -0.4 is 0 Å². The first-order valence-corrected chi connectivity index (χ1v) is 10.2. The van der Waals surface area contributed by atoms with Crippen LogP contribution in [0.2, 0.25) is 0 Å². The second kappa shape index (κ2) is 15.6. The van der Waals surface area contributed by atoms with Gasteiger partial charge in [0, 0.05) is 31.1 Å². The second-order valence-corrected chi connectivity index (χ2v) is 8.28. The summed E-state index contributed by atoms with van der Waals surface area (Å²) >= 11 is 0. The molecule has 161 valence electrons. The van der Waals surface area contributed by atoms with Crippen LogP contribution in [0.3, 0.4) is 0 Å². The van der Waals surface area contributed by atoms with Crippen molar-refractivity contribution in [3.8, 4) is 0 Å². The van der Waals surface area contributed by atoms with Crippen LogP contribution in [0.1, 0.15) is 83.1 Å². The number of hydrogen-bond acceptors (Lipinski definition) is 0. The van der Waals surface area contributed by atoms with Crippen molar-refractivity contribution >= 4 is 0 Å². The number of rotatable bonds is 0. The maximum atomic E-state index is 7.50. The third kappa shape index (κ3) is 9.34. The molecule has 1 nitrogen and oxygen atoms in total. The molecule has 15 radical (unpaired) electrons. The summed E-state index contributed by atoms with van der Waals surface area (Å²) in [6.07, 6.45) is 6.72. The van der Waals surface area contributed by atoms with E-state index in [9.17, 15) is 0 Å². The Kier molecular flexibility index (Phi) is 17.1. The standard InChI is InChI=1S/3C9H13.CO.U/c3*1-6-5-7(2)9(4)8(6)3;1-2;/h3*5H,1-4H3;;. The van der Waals surface area contributed by atoms with Gasteiger partial charge < -0.3 is 0 Å². The maximum absolute atomic E-state index is 7.50. The second-order valence-electron chi connectivity index (χ2n) is 8.28. The monoisotopic (exact) mass is 629 g/mol. The van der Waals surface area contributed by atoms with Gasteiger partial charge in [-0.1, -0.05) is 83.1 Å². The minimum Gasteiger partial charge on any atom is 0 e. The van der Waals surface area contributed by atoms with Crippen LogP contribution in [0.25, 0.3) is 0 Å². The summed E-state index contributed by atoms with van der Waals surface area (Å²) in [7, 11) is 0. The fraction of sp³-hybridized carbons (Fsp3) is 0.429. The van der Waals surface area contributed by atoms with Gasteiger partial charge in [-0.05, 0) is 90.3 Å². The normalized spacial score (nSPS) is 25.3. The van der Waals surface area contributed by atoms with Crippen molar-refractivity contribution in [2.75, 3.05) is 0 Å². The van der Waals surface area contributed by atoms with Gasteiger partial charge in [-0.25, -0.2) is 0 Å². The molecule has 0 bridgehead atoms. The van der Waals surface area contributed by atoms with Gasteiger partial charge in [0.25, 0.3) is 0 Å². The van der Waals surface area contributed by atoms with E-state index >= 15 is 0 Å². The first kappa shape index (κ1) is 33.0. The molecular formula is C28H39OU. The maximum Gasteiger partial charge on any atom is 0 e. The zero-order valence-corrected chi connectivity index (χ0v) is 25.3. The first-order valence-electron chi connectivity index (χ1n) is 10.2. The molecule has 0 saturated heterocycles. The molecule has 0 unspecified atom stereocenters. The third-order valence-electron chi connectivity index (χ3n) is 6.54. The fourth-order valence-corrected chi connectivity index (χ4v) is 3.40. The van der Waals surface area contributed by atoms with Crippen LogP contribution in [0.15, 0.2) is 0 Å². The number of hydrogen-bond donors (Lipinski definition) is 0. The third-order valence-corrected chi connectivity index (χ3v) is 6.54. The van der Waals surface area contributed by atoms with Crippen molar-refractivity contribution in [2.45, 2.75) is 83.1 Å². The molecule has 0 atom stereocenters. The Hall–Kier alpha value is 0.792. The molecule has 0 N–H and O–H groups in total. The van der Waals surface area contributed by atoms with Crippen molar-refractivity contribution in [2.24, 2.45) is 0 Å². The van der Waals surface area contributed by atoms with E-state index in [0.29, 0.717) is 0 Å². The quantitative estimate of drug-likeness (QED) is 0.193.